The zero-order valence-electron chi connectivity index (χ0n) is 10.4. The second-order valence-corrected chi connectivity index (χ2v) is 4.31. The standard InChI is InChI=1S/C12H16N6/c1-17-10(2-3-16-17)11-12(15-5-4-14-11)18-8-6-13-7-9-18/h2-5,13H,6-9H2,1H3. The van der Waals surface area contributed by atoms with Gasteiger partial charge in [-0.3, -0.25) is 4.68 Å². The van der Waals surface area contributed by atoms with E-state index >= 15 is 0 Å². The molecule has 0 aromatic carbocycles. The molecule has 94 valence electrons. The summed E-state index contributed by atoms with van der Waals surface area (Å²) in [5.74, 6) is 0.947. The highest BCUT2D eigenvalue weighted by Crippen LogP contribution is 2.25. The smallest absolute Gasteiger partial charge is 0.156 e. The third-order valence-electron chi connectivity index (χ3n) is 3.16. The first kappa shape index (κ1) is 11.2. The Morgan fingerprint density at radius 2 is 1.89 bits per heavy atom. The van der Waals surface area contributed by atoms with Gasteiger partial charge in [0.05, 0.1) is 5.69 Å². The Labute approximate surface area is 106 Å². The van der Waals surface area contributed by atoms with Gasteiger partial charge in [0.2, 0.25) is 0 Å². The van der Waals surface area contributed by atoms with Crippen molar-refractivity contribution >= 4 is 5.82 Å². The van der Waals surface area contributed by atoms with Crippen molar-refractivity contribution < 1.29 is 0 Å². The average Bonchev–Trinajstić information content (AvgIpc) is 2.86. The van der Waals surface area contributed by atoms with E-state index in [-0.39, 0.29) is 0 Å². The molecular weight excluding hydrogens is 228 g/mol. The molecule has 1 N–H and O–H groups in total. The summed E-state index contributed by atoms with van der Waals surface area (Å²) in [5, 5.41) is 7.54. The first-order chi connectivity index (χ1) is 8.86. The van der Waals surface area contributed by atoms with Crippen LogP contribution in [-0.2, 0) is 7.05 Å². The molecule has 0 aliphatic carbocycles. The molecule has 18 heavy (non-hydrogen) atoms. The van der Waals surface area contributed by atoms with Crippen molar-refractivity contribution in [1.82, 2.24) is 25.1 Å². The summed E-state index contributed by atoms with van der Waals surface area (Å²) in [4.78, 5) is 11.2. The first-order valence-corrected chi connectivity index (χ1v) is 6.11. The summed E-state index contributed by atoms with van der Waals surface area (Å²) in [6, 6.07) is 1.97. The van der Waals surface area contributed by atoms with Gasteiger partial charge in [-0.2, -0.15) is 5.10 Å². The number of aromatic nitrogens is 4. The Morgan fingerprint density at radius 1 is 1.11 bits per heavy atom. The van der Waals surface area contributed by atoms with Crippen LogP contribution in [0.1, 0.15) is 0 Å². The molecule has 3 heterocycles. The normalized spacial score (nSPS) is 15.9. The number of rotatable bonds is 2. The number of hydrogen-bond acceptors (Lipinski definition) is 5. The fourth-order valence-electron chi connectivity index (χ4n) is 2.23. The quantitative estimate of drug-likeness (QED) is 0.822. The molecule has 2 aromatic rings. The molecule has 0 bridgehead atoms. The lowest BCUT2D eigenvalue weighted by atomic mass is 10.2. The molecule has 1 fully saturated rings. The molecule has 2 aromatic heterocycles. The van der Waals surface area contributed by atoms with Crippen LogP contribution < -0.4 is 10.2 Å². The molecule has 6 heteroatoms. The largest absolute Gasteiger partial charge is 0.352 e. The predicted octanol–water partition coefficient (Wildman–Crippen LogP) is 0.287. The highest BCUT2D eigenvalue weighted by molar-refractivity contribution is 5.69. The predicted molar refractivity (Wildman–Crippen MR) is 69.3 cm³/mol. The van der Waals surface area contributed by atoms with Crippen molar-refractivity contribution in [2.45, 2.75) is 0 Å². The van der Waals surface area contributed by atoms with Gasteiger partial charge in [0.15, 0.2) is 5.82 Å². The molecule has 0 saturated carbocycles. The topological polar surface area (TPSA) is 58.9 Å². The van der Waals surface area contributed by atoms with Crippen molar-refractivity contribution in [2.24, 2.45) is 7.05 Å². The average molecular weight is 244 g/mol. The Hall–Kier alpha value is -1.95. The maximum atomic E-state index is 4.49. The summed E-state index contributed by atoms with van der Waals surface area (Å²) in [6.45, 7) is 3.90. The third kappa shape index (κ3) is 1.95. The van der Waals surface area contributed by atoms with Crippen LogP contribution in [0.15, 0.2) is 24.7 Å². The van der Waals surface area contributed by atoms with Gasteiger partial charge < -0.3 is 10.2 Å². The molecule has 0 spiro atoms. The Bertz CT molecular complexity index is 529. The minimum atomic E-state index is 0.902. The first-order valence-electron chi connectivity index (χ1n) is 6.11. The maximum Gasteiger partial charge on any atom is 0.156 e. The summed E-state index contributed by atoms with van der Waals surface area (Å²) in [6.07, 6.45) is 5.26. The van der Waals surface area contributed by atoms with Crippen molar-refractivity contribution in [1.29, 1.82) is 0 Å². The lowest BCUT2D eigenvalue weighted by Gasteiger charge is -2.29. The Kier molecular flexibility index (Phi) is 2.93. The van der Waals surface area contributed by atoms with E-state index < -0.39 is 0 Å². The lowest BCUT2D eigenvalue weighted by Crippen LogP contribution is -2.44. The van der Waals surface area contributed by atoms with Crippen molar-refractivity contribution in [3.05, 3.63) is 24.7 Å². The van der Waals surface area contributed by atoms with Crippen LogP contribution >= 0.6 is 0 Å². The zero-order chi connectivity index (χ0) is 12.4. The number of hydrogen-bond donors (Lipinski definition) is 1. The summed E-state index contributed by atoms with van der Waals surface area (Å²) >= 11 is 0. The van der Waals surface area contributed by atoms with E-state index in [0.29, 0.717) is 0 Å². The fraction of sp³-hybridized carbons (Fsp3) is 0.417. The van der Waals surface area contributed by atoms with Crippen LogP contribution in [0.5, 0.6) is 0 Å². The molecule has 0 radical (unpaired) electrons. The van der Waals surface area contributed by atoms with E-state index in [4.69, 9.17) is 0 Å². The van der Waals surface area contributed by atoms with E-state index in [1.54, 1.807) is 18.6 Å². The Balaban J connectivity index is 2.02. The number of aryl methyl sites for hydroxylation is 1. The van der Waals surface area contributed by atoms with Crippen LogP contribution in [0.3, 0.4) is 0 Å². The van der Waals surface area contributed by atoms with E-state index in [0.717, 1.165) is 43.4 Å². The number of anilines is 1. The van der Waals surface area contributed by atoms with Gasteiger partial charge in [-0.15, -0.1) is 0 Å². The van der Waals surface area contributed by atoms with E-state index in [1.807, 2.05) is 17.8 Å². The second-order valence-electron chi connectivity index (χ2n) is 4.31. The van der Waals surface area contributed by atoms with Crippen LogP contribution in [-0.4, -0.2) is 45.9 Å². The molecule has 0 atom stereocenters. The van der Waals surface area contributed by atoms with Gasteiger partial charge in [-0.05, 0) is 6.07 Å². The molecule has 0 unspecified atom stereocenters. The van der Waals surface area contributed by atoms with Crippen LogP contribution in [0, 0.1) is 0 Å². The SMILES string of the molecule is Cn1nccc1-c1nccnc1N1CCNCC1. The minimum Gasteiger partial charge on any atom is -0.352 e. The molecule has 6 nitrogen and oxygen atoms in total. The molecule has 1 aliphatic rings. The maximum absolute atomic E-state index is 4.49. The van der Waals surface area contributed by atoms with E-state index in [1.165, 1.54) is 0 Å². The Morgan fingerprint density at radius 3 is 2.61 bits per heavy atom. The van der Waals surface area contributed by atoms with Gasteiger partial charge in [-0.1, -0.05) is 0 Å². The molecule has 1 aliphatic heterocycles. The number of nitrogens with zero attached hydrogens (tertiary/aromatic N) is 5. The fourth-order valence-corrected chi connectivity index (χ4v) is 2.23. The van der Waals surface area contributed by atoms with Gasteiger partial charge >= 0.3 is 0 Å². The third-order valence-corrected chi connectivity index (χ3v) is 3.16. The van der Waals surface area contributed by atoms with Crippen molar-refractivity contribution in [3.8, 4) is 11.4 Å². The zero-order valence-corrected chi connectivity index (χ0v) is 10.4. The van der Waals surface area contributed by atoms with Crippen molar-refractivity contribution in [3.63, 3.8) is 0 Å². The van der Waals surface area contributed by atoms with Crippen LogP contribution in [0.25, 0.3) is 11.4 Å². The summed E-state index contributed by atoms with van der Waals surface area (Å²) < 4.78 is 1.83. The molecule has 3 rings (SSSR count). The second kappa shape index (κ2) is 4.73. The van der Waals surface area contributed by atoms with Gasteiger partial charge in [0.25, 0.3) is 0 Å². The number of nitrogens with one attached hydrogen (secondary N) is 1. The van der Waals surface area contributed by atoms with Gasteiger partial charge in [-0.25, -0.2) is 9.97 Å². The highest BCUT2D eigenvalue weighted by Gasteiger charge is 2.18. The van der Waals surface area contributed by atoms with E-state index in [2.05, 4.69) is 25.3 Å². The highest BCUT2D eigenvalue weighted by atomic mass is 15.3. The lowest BCUT2D eigenvalue weighted by molar-refractivity contribution is 0.584. The van der Waals surface area contributed by atoms with Crippen LogP contribution in [0.2, 0.25) is 0 Å². The van der Waals surface area contributed by atoms with Gasteiger partial charge in [0, 0.05) is 51.8 Å². The molecular formula is C12H16N6. The number of piperazine rings is 1. The van der Waals surface area contributed by atoms with Crippen LogP contribution in [0.4, 0.5) is 5.82 Å². The van der Waals surface area contributed by atoms with Crippen molar-refractivity contribution in [2.75, 3.05) is 31.1 Å². The molecule has 0 amide bonds. The molecule has 1 saturated heterocycles. The minimum absolute atomic E-state index is 0.902. The van der Waals surface area contributed by atoms with E-state index in [9.17, 15) is 0 Å². The van der Waals surface area contributed by atoms with Gasteiger partial charge in [0.1, 0.15) is 5.69 Å². The summed E-state index contributed by atoms with van der Waals surface area (Å²) in [7, 11) is 1.92. The monoisotopic (exact) mass is 244 g/mol. The summed E-state index contributed by atoms with van der Waals surface area (Å²) in [5.41, 5.74) is 1.90.